The van der Waals surface area contributed by atoms with E-state index in [0.29, 0.717) is 0 Å². The van der Waals surface area contributed by atoms with Crippen molar-refractivity contribution < 1.29 is 14.5 Å². The molecular weight excluding hydrogens is 350 g/mol. The fraction of sp³-hybridized carbons (Fsp3) is 0.391. The molecular formula is C23H30N3O2+. The van der Waals surface area contributed by atoms with E-state index >= 15 is 0 Å². The first-order chi connectivity index (χ1) is 13.3. The maximum absolute atomic E-state index is 13.2. The van der Waals surface area contributed by atoms with Gasteiger partial charge in [-0.05, 0) is 56.9 Å². The van der Waals surface area contributed by atoms with Crippen molar-refractivity contribution in [1.82, 2.24) is 0 Å². The highest BCUT2D eigenvalue weighted by atomic mass is 16.2. The topological polar surface area (TPSA) is 53.9 Å². The van der Waals surface area contributed by atoms with E-state index in [4.69, 9.17) is 0 Å². The normalized spacial score (nSPS) is 17.8. The number of aryl methyl sites for hydroxylation is 2. The van der Waals surface area contributed by atoms with Gasteiger partial charge in [0.1, 0.15) is 0 Å². The van der Waals surface area contributed by atoms with Gasteiger partial charge in [-0.15, -0.1) is 0 Å². The molecule has 2 aromatic carbocycles. The SMILES string of the molecule is Cc1cccc(C)c1NC(=O)C[NH+](C)[C@@H](C)C(=O)N1c2ccccc2C[C@@H]1C. The van der Waals surface area contributed by atoms with E-state index in [9.17, 15) is 9.59 Å². The zero-order valence-electron chi connectivity index (χ0n) is 17.4. The number of fused-ring (bicyclic) bond motifs is 1. The molecule has 1 unspecified atom stereocenters. The molecule has 1 aliphatic rings. The van der Waals surface area contributed by atoms with Gasteiger partial charge in [0.15, 0.2) is 12.6 Å². The molecule has 5 heteroatoms. The Labute approximate surface area is 167 Å². The molecule has 0 bridgehead atoms. The zero-order chi connectivity index (χ0) is 20.4. The van der Waals surface area contributed by atoms with Gasteiger partial charge in [0, 0.05) is 17.4 Å². The maximum Gasteiger partial charge on any atom is 0.285 e. The summed E-state index contributed by atoms with van der Waals surface area (Å²) >= 11 is 0. The second kappa shape index (κ2) is 8.15. The third-order valence-corrected chi connectivity index (χ3v) is 5.74. The molecule has 0 radical (unpaired) electrons. The minimum absolute atomic E-state index is 0.0647. The number of carbonyl (C=O) groups is 2. The highest BCUT2D eigenvalue weighted by Crippen LogP contribution is 2.32. The van der Waals surface area contributed by atoms with Crippen LogP contribution in [-0.2, 0) is 16.0 Å². The van der Waals surface area contributed by atoms with Crippen molar-refractivity contribution in [2.75, 3.05) is 23.8 Å². The Morgan fingerprint density at radius 2 is 1.79 bits per heavy atom. The lowest BCUT2D eigenvalue weighted by molar-refractivity contribution is -0.885. The highest BCUT2D eigenvalue weighted by molar-refractivity contribution is 5.99. The lowest BCUT2D eigenvalue weighted by Crippen LogP contribution is -3.15. The minimum atomic E-state index is -0.308. The van der Waals surface area contributed by atoms with Crippen LogP contribution in [0.15, 0.2) is 42.5 Å². The molecule has 2 amide bonds. The van der Waals surface area contributed by atoms with E-state index in [0.717, 1.165) is 33.8 Å². The van der Waals surface area contributed by atoms with Crippen LogP contribution in [0.2, 0.25) is 0 Å². The Bertz CT molecular complexity index is 873. The van der Waals surface area contributed by atoms with E-state index < -0.39 is 0 Å². The first kappa shape index (κ1) is 20.1. The molecule has 5 nitrogen and oxygen atoms in total. The summed E-state index contributed by atoms with van der Waals surface area (Å²) in [5.74, 6) is -0.0146. The van der Waals surface area contributed by atoms with E-state index in [2.05, 4.69) is 18.3 Å². The van der Waals surface area contributed by atoms with Crippen molar-refractivity contribution in [3.8, 4) is 0 Å². The number of hydrogen-bond donors (Lipinski definition) is 2. The van der Waals surface area contributed by atoms with Gasteiger partial charge in [0.25, 0.3) is 11.8 Å². The molecule has 3 atom stereocenters. The van der Waals surface area contributed by atoms with Crippen molar-refractivity contribution >= 4 is 23.2 Å². The van der Waals surface area contributed by atoms with Crippen molar-refractivity contribution in [3.05, 3.63) is 59.2 Å². The number of carbonyl (C=O) groups excluding carboxylic acids is 2. The monoisotopic (exact) mass is 380 g/mol. The number of nitrogens with one attached hydrogen (secondary N) is 2. The van der Waals surface area contributed by atoms with Crippen LogP contribution in [0.4, 0.5) is 11.4 Å². The molecule has 1 heterocycles. The van der Waals surface area contributed by atoms with Gasteiger partial charge < -0.3 is 15.1 Å². The molecule has 28 heavy (non-hydrogen) atoms. The Hall–Kier alpha value is -2.66. The van der Waals surface area contributed by atoms with Gasteiger partial charge in [-0.1, -0.05) is 36.4 Å². The number of amides is 2. The fourth-order valence-corrected chi connectivity index (χ4v) is 3.92. The predicted octanol–water partition coefficient (Wildman–Crippen LogP) is 2.12. The van der Waals surface area contributed by atoms with Crippen LogP contribution in [0.25, 0.3) is 0 Å². The van der Waals surface area contributed by atoms with Gasteiger partial charge in [0.2, 0.25) is 0 Å². The summed E-state index contributed by atoms with van der Waals surface area (Å²) in [6.45, 7) is 8.19. The summed E-state index contributed by atoms with van der Waals surface area (Å²) in [5, 5.41) is 3.01. The van der Waals surface area contributed by atoms with Crippen LogP contribution in [0.5, 0.6) is 0 Å². The number of rotatable bonds is 5. The van der Waals surface area contributed by atoms with Crippen LogP contribution < -0.4 is 15.1 Å². The first-order valence-electron chi connectivity index (χ1n) is 9.89. The number of anilines is 2. The van der Waals surface area contributed by atoms with Gasteiger partial charge in [0.05, 0.1) is 7.05 Å². The van der Waals surface area contributed by atoms with Crippen molar-refractivity contribution in [1.29, 1.82) is 0 Å². The fourth-order valence-electron chi connectivity index (χ4n) is 3.92. The standard InChI is InChI=1S/C23H29N3O2/c1-15-9-8-10-16(2)22(15)24-21(27)14-25(5)18(4)23(28)26-17(3)13-19-11-6-7-12-20(19)26/h6-12,17-18H,13-14H2,1-5H3,(H,24,27)/p+1/t17-,18-/m0/s1. The van der Waals surface area contributed by atoms with Crippen molar-refractivity contribution in [3.63, 3.8) is 0 Å². The van der Waals surface area contributed by atoms with E-state index in [1.807, 2.05) is 69.1 Å². The summed E-state index contributed by atoms with van der Waals surface area (Å²) in [6.07, 6.45) is 0.876. The van der Waals surface area contributed by atoms with Crippen molar-refractivity contribution in [2.24, 2.45) is 0 Å². The number of benzene rings is 2. The second-order valence-corrected chi connectivity index (χ2v) is 7.95. The Balaban J connectivity index is 1.66. The summed E-state index contributed by atoms with van der Waals surface area (Å²) in [5.41, 5.74) is 5.15. The first-order valence-corrected chi connectivity index (χ1v) is 9.89. The predicted molar refractivity (Wildman–Crippen MR) is 113 cm³/mol. The molecule has 148 valence electrons. The molecule has 0 aliphatic carbocycles. The number of hydrogen-bond acceptors (Lipinski definition) is 2. The molecule has 1 aliphatic heterocycles. The summed E-state index contributed by atoms with van der Waals surface area (Å²) in [4.78, 5) is 28.5. The van der Waals surface area contributed by atoms with E-state index in [1.165, 1.54) is 5.56 Å². The quantitative estimate of drug-likeness (QED) is 0.835. The third-order valence-electron chi connectivity index (χ3n) is 5.74. The van der Waals surface area contributed by atoms with Crippen LogP contribution in [-0.4, -0.2) is 37.5 Å². The third kappa shape index (κ3) is 3.94. The average Bonchev–Trinajstić information content (AvgIpc) is 2.99. The molecule has 0 saturated carbocycles. The number of quaternary nitrogens is 1. The molecule has 2 N–H and O–H groups in total. The number of nitrogens with zero attached hydrogens (tertiary/aromatic N) is 1. The van der Waals surface area contributed by atoms with Gasteiger partial charge in [-0.3, -0.25) is 9.59 Å². The number of para-hydroxylation sites is 2. The molecule has 0 spiro atoms. The van der Waals surface area contributed by atoms with Crippen LogP contribution in [0, 0.1) is 13.8 Å². The Kier molecular flexibility index (Phi) is 5.84. The Morgan fingerprint density at radius 3 is 2.46 bits per heavy atom. The molecule has 0 saturated heterocycles. The van der Waals surface area contributed by atoms with Gasteiger partial charge in [-0.25, -0.2) is 0 Å². The lowest BCUT2D eigenvalue weighted by atomic mass is 10.1. The summed E-state index contributed by atoms with van der Waals surface area (Å²) in [6, 6.07) is 13.9. The largest absolute Gasteiger partial charge is 0.321 e. The smallest absolute Gasteiger partial charge is 0.285 e. The molecule has 0 fully saturated rings. The minimum Gasteiger partial charge on any atom is -0.321 e. The summed E-state index contributed by atoms with van der Waals surface area (Å²) in [7, 11) is 1.90. The van der Waals surface area contributed by atoms with Gasteiger partial charge >= 0.3 is 0 Å². The van der Waals surface area contributed by atoms with E-state index in [1.54, 1.807) is 0 Å². The van der Waals surface area contributed by atoms with Crippen molar-refractivity contribution in [2.45, 2.75) is 46.2 Å². The second-order valence-electron chi connectivity index (χ2n) is 7.95. The zero-order valence-corrected chi connectivity index (χ0v) is 17.4. The highest BCUT2D eigenvalue weighted by Gasteiger charge is 2.36. The average molecular weight is 381 g/mol. The van der Waals surface area contributed by atoms with E-state index in [-0.39, 0.29) is 30.4 Å². The summed E-state index contributed by atoms with van der Waals surface area (Å²) < 4.78 is 0. The molecule has 3 rings (SSSR count). The molecule has 0 aromatic heterocycles. The van der Waals surface area contributed by atoms with Gasteiger partial charge in [-0.2, -0.15) is 0 Å². The van der Waals surface area contributed by atoms with Crippen LogP contribution >= 0.6 is 0 Å². The Morgan fingerprint density at radius 1 is 1.14 bits per heavy atom. The van der Waals surface area contributed by atoms with Crippen LogP contribution in [0.3, 0.4) is 0 Å². The lowest BCUT2D eigenvalue weighted by Gasteiger charge is -2.28. The maximum atomic E-state index is 13.2. The number of likely N-dealkylation sites (N-methyl/N-ethyl adjacent to an activating group) is 1. The molecule has 2 aromatic rings. The van der Waals surface area contributed by atoms with Crippen LogP contribution in [0.1, 0.15) is 30.5 Å².